The van der Waals surface area contributed by atoms with Gasteiger partial charge in [0.05, 0.1) is 6.54 Å². The van der Waals surface area contributed by atoms with E-state index in [1.807, 2.05) is 12.1 Å². The summed E-state index contributed by atoms with van der Waals surface area (Å²) < 4.78 is 17.2. The van der Waals surface area contributed by atoms with Crippen LogP contribution in [0.5, 0.6) is 5.75 Å². The number of hydrogen-bond donors (Lipinski definition) is 2. The van der Waals surface area contributed by atoms with Crippen molar-refractivity contribution in [2.45, 2.75) is 46.0 Å². The highest BCUT2D eigenvalue weighted by atomic mass is 16.5. The van der Waals surface area contributed by atoms with Crippen molar-refractivity contribution in [1.29, 1.82) is 0 Å². The second-order valence-corrected chi connectivity index (χ2v) is 7.71. The minimum Gasteiger partial charge on any atom is -0.491 e. The van der Waals surface area contributed by atoms with Crippen molar-refractivity contribution in [3.63, 3.8) is 0 Å². The first kappa shape index (κ1) is 23.5. The molecular weight excluding hydrogens is 366 g/mol. The first-order valence-corrected chi connectivity index (χ1v) is 11.1. The zero-order valence-electron chi connectivity index (χ0n) is 18.4. The van der Waals surface area contributed by atoms with E-state index in [2.05, 4.69) is 48.5 Å². The van der Waals surface area contributed by atoms with Crippen molar-refractivity contribution in [3.8, 4) is 5.75 Å². The van der Waals surface area contributed by atoms with Crippen LogP contribution in [0.25, 0.3) is 0 Å². The van der Waals surface area contributed by atoms with Gasteiger partial charge >= 0.3 is 0 Å². The van der Waals surface area contributed by atoms with Gasteiger partial charge in [-0.25, -0.2) is 0 Å². The Bertz CT molecular complexity index is 586. The average Bonchev–Trinajstić information content (AvgIpc) is 2.74. The molecule has 1 fully saturated rings. The van der Waals surface area contributed by atoms with Crippen molar-refractivity contribution in [2.75, 3.05) is 52.7 Å². The summed E-state index contributed by atoms with van der Waals surface area (Å²) in [5, 5.41) is 6.62. The molecule has 0 radical (unpaired) electrons. The van der Waals surface area contributed by atoms with E-state index >= 15 is 0 Å². The Morgan fingerprint density at radius 3 is 2.72 bits per heavy atom. The summed E-state index contributed by atoms with van der Waals surface area (Å²) in [5.41, 5.74) is 1.24. The first-order chi connectivity index (χ1) is 14.2. The number of ether oxygens (including phenoxy) is 3. The zero-order chi connectivity index (χ0) is 20.7. The lowest BCUT2D eigenvalue weighted by Gasteiger charge is -2.21. The van der Waals surface area contributed by atoms with Crippen LogP contribution in [0.15, 0.2) is 29.3 Å². The van der Waals surface area contributed by atoms with Crippen molar-refractivity contribution in [3.05, 3.63) is 29.8 Å². The highest BCUT2D eigenvalue weighted by Crippen LogP contribution is 2.25. The zero-order valence-corrected chi connectivity index (χ0v) is 18.4. The Hall–Kier alpha value is -1.79. The van der Waals surface area contributed by atoms with Gasteiger partial charge in [0.25, 0.3) is 0 Å². The lowest BCUT2D eigenvalue weighted by Crippen LogP contribution is -2.39. The van der Waals surface area contributed by atoms with Crippen molar-refractivity contribution in [1.82, 2.24) is 10.6 Å². The molecule has 0 bridgehead atoms. The maximum Gasteiger partial charge on any atom is 0.191 e. The fourth-order valence-electron chi connectivity index (χ4n) is 3.28. The third-order valence-electron chi connectivity index (χ3n) is 4.95. The van der Waals surface area contributed by atoms with Gasteiger partial charge < -0.3 is 24.8 Å². The Balaban J connectivity index is 1.61. The SMILES string of the molecule is CCNC(=NCCCOCC1CCOCC1)NCCOc1ccccc1C(C)C. The molecule has 0 spiro atoms. The summed E-state index contributed by atoms with van der Waals surface area (Å²) in [6.45, 7) is 12.7. The predicted molar refractivity (Wildman–Crippen MR) is 119 cm³/mol. The summed E-state index contributed by atoms with van der Waals surface area (Å²) in [6.07, 6.45) is 3.17. The molecule has 29 heavy (non-hydrogen) atoms. The summed E-state index contributed by atoms with van der Waals surface area (Å²) in [6, 6.07) is 8.24. The highest BCUT2D eigenvalue weighted by Gasteiger charge is 2.13. The lowest BCUT2D eigenvalue weighted by molar-refractivity contribution is 0.0205. The van der Waals surface area contributed by atoms with Crippen LogP contribution in [0.2, 0.25) is 0 Å². The molecule has 1 aromatic carbocycles. The number of rotatable bonds is 12. The number of aliphatic imine (C=N–C) groups is 1. The van der Waals surface area contributed by atoms with Crippen LogP contribution in [-0.2, 0) is 9.47 Å². The van der Waals surface area contributed by atoms with E-state index in [9.17, 15) is 0 Å². The molecule has 0 aliphatic carbocycles. The Morgan fingerprint density at radius 1 is 1.17 bits per heavy atom. The Morgan fingerprint density at radius 2 is 1.97 bits per heavy atom. The largest absolute Gasteiger partial charge is 0.491 e. The number of para-hydroxylation sites is 1. The summed E-state index contributed by atoms with van der Waals surface area (Å²) in [4.78, 5) is 4.63. The van der Waals surface area contributed by atoms with Crippen LogP contribution in [0.4, 0.5) is 0 Å². The van der Waals surface area contributed by atoms with Crippen LogP contribution in [0.3, 0.4) is 0 Å². The average molecular weight is 406 g/mol. The van der Waals surface area contributed by atoms with Crippen LogP contribution in [0.1, 0.15) is 51.5 Å². The second kappa shape index (κ2) is 14.2. The van der Waals surface area contributed by atoms with Gasteiger partial charge in [0.15, 0.2) is 5.96 Å². The van der Waals surface area contributed by atoms with Gasteiger partial charge in [-0.15, -0.1) is 0 Å². The van der Waals surface area contributed by atoms with E-state index in [0.29, 0.717) is 25.0 Å². The van der Waals surface area contributed by atoms with Crippen LogP contribution in [0, 0.1) is 5.92 Å². The maximum absolute atomic E-state index is 5.97. The predicted octanol–water partition coefficient (Wildman–Crippen LogP) is 3.58. The first-order valence-electron chi connectivity index (χ1n) is 11.1. The van der Waals surface area contributed by atoms with E-state index in [1.54, 1.807) is 0 Å². The molecule has 1 aliphatic heterocycles. The molecule has 2 N–H and O–H groups in total. The molecule has 0 saturated carbocycles. The molecule has 164 valence electrons. The highest BCUT2D eigenvalue weighted by molar-refractivity contribution is 5.79. The molecule has 1 aromatic rings. The van der Waals surface area contributed by atoms with Gasteiger partial charge in [0, 0.05) is 39.5 Å². The second-order valence-electron chi connectivity index (χ2n) is 7.71. The molecular formula is C23H39N3O3. The standard InChI is InChI=1S/C23H39N3O3/c1-4-24-23(25-12-7-14-28-18-20-10-15-27-16-11-20)26-13-17-29-22-9-6-5-8-21(22)19(2)3/h5-6,8-9,19-20H,4,7,10-18H2,1-3H3,(H2,24,25,26). The minimum absolute atomic E-state index is 0.451. The van der Waals surface area contributed by atoms with Gasteiger partial charge in [0.2, 0.25) is 0 Å². The van der Waals surface area contributed by atoms with E-state index in [1.165, 1.54) is 5.56 Å². The minimum atomic E-state index is 0.451. The molecule has 2 rings (SSSR count). The molecule has 6 heteroatoms. The number of nitrogens with one attached hydrogen (secondary N) is 2. The monoisotopic (exact) mass is 405 g/mol. The van der Waals surface area contributed by atoms with E-state index in [4.69, 9.17) is 14.2 Å². The van der Waals surface area contributed by atoms with Gasteiger partial charge in [-0.2, -0.15) is 0 Å². The summed E-state index contributed by atoms with van der Waals surface area (Å²) in [7, 11) is 0. The fraction of sp³-hybridized carbons (Fsp3) is 0.696. The van der Waals surface area contributed by atoms with Gasteiger partial charge in [-0.05, 0) is 49.7 Å². The lowest BCUT2D eigenvalue weighted by atomic mass is 10.0. The van der Waals surface area contributed by atoms with E-state index in [0.717, 1.165) is 70.5 Å². The molecule has 6 nitrogen and oxygen atoms in total. The van der Waals surface area contributed by atoms with E-state index in [-0.39, 0.29) is 0 Å². The van der Waals surface area contributed by atoms with E-state index < -0.39 is 0 Å². The number of benzene rings is 1. The molecule has 1 aliphatic rings. The van der Waals surface area contributed by atoms with Crippen molar-refractivity contribution in [2.24, 2.45) is 10.9 Å². The van der Waals surface area contributed by atoms with Gasteiger partial charge in [-0.1, -0.05) is 32.0 Å². The molecule has 0 atom stereocenters. The smallest absolute Gasteiger partial charge is 0.191 e. The van der Waals surface area contributed by atoms with Crippen LogP contribution in [-0.4, -0.2) is 58.6 Å². The third-order valence-corrected chi connectivity index (χ3v) is 4.95. The number of hydrogen-bond acceptors (Lipinski definition) is 4. The van der Waals surface area contributed by atoms with Gasteiger partial charge in [-0.3, -0.25) is 4.99 Å². The summed E-state index contributed by atoms with van der Waals surface area (Å²) in [5.74, 6) is 2.91. The molecule has 0 aromatic heterocycles. The molecule has 1 heterocycles. The molecule has 0 amide bonds. The molecule has 0 unspecified atom stereocenters. The van der Waals surface area contributed by atoms with Crippen LogP contribution < -0.4 is 15.4 Å². The van der Waals surface area contributed by atoms with Gasteiger partial charge in [0.1, 0.15) is 12.4 Å². The summed E-state index contributed by atoms with van der Waals surface area (Å²) >= 11 is 0. The normalized spacial score (nSPS) is 15.5. The Labute approximate surface area is 176 Å². The third kappa shape index (κ3) is 9.50. The molecule has 1 saturated heterocycles. The number of nitrogens with zero attached hydrogens (tertiary/aromatic N) is 1. The van der Waals surface area contributed by atoms with Crippen molar-refractivity contribution >= 4 is 5.96 Å². The number of guanidine groups is 1. The fourth-order valence-corrected chi connectivity index (χ4v) is 3.28. The quantitative estimate of drug-likeness (QED) is 0.316. The Kier molecular flexibility index (Phi) is 11.5. The maximum atomic E-state index is 5.97. The van der Waals surface area contributed by atoms with Crippen molar-refractivity contribution < 1.29 is 14.2 Å². The topological polar surface area (TPSA) is 64.1 Å². The van der Waals surface area contributed by atoms with Crippen LogP contribution >= 0.6 is 0 Å².